The second-order valence-electron chi connectivity index (χ2n) is 7.10. The molecule has 0 aliphatic carbocycles. The first-order valence-corrected chi connectivity index (χ1v) is 9.93. The molecule has 29 heavy (non-hydrogen) atoms. The lowest BCUT2D eigenvalue weighted by atomic mass is 10.1. The Bertz CT molecular complexity index is 853. The summed E-state index contributed by atoms with van der Waals surface area (Å²) in [5, 5.41) is 9.57. The maximum atomic E-state index is 11.7. The number of ether oxygens (including phenoxy) is 3. The summed E-state index contributed by atoms with van der Waals surface area (Å²) in [7, 11) is 1.60. The zero-order valence-electron chi connectivity index (χ0n) is 17.0. The monoisotopic (exact) mass is 400 g/mol. The highest BCUT2D eigenvalue weighted by atomic mass is 16.7. The molecule has 1 aliphatic rings. The number of aliphatic carboxylic acids is 1. The Balaban J connectivity index is 1.65. The maximum absolute atomic E-state index is 11.7. The third kappa shape index (κ3) is 5.92. The molecule has 1 aliphatic heterocycles. The highest BCUT2D eigenvalue weighted by molar-refractivity contribution is 5.92. The van der Waals surface area contributed by atoms with E-state index < -0.39 is 5.97 Å². The van der Waals surface area contributed by atoms with Crippen LogP contribution in [0.15, 0.2) is 36.3 Å². The van der Waals surface area contributed by atoms with Gasteiger partial charge in [0.1, 0.15) is 5.75 Å². The van der Waals surface area contributed by atoms with Gasteiger partial charge in [-0.25, -0.2) is 9.78 Å². The quantitative estimate of drug-likeness (QED) is 0.506. The van der Waals surface area contributed by atoms with Crippen molar-refractivity contribution in [2.45, 2.75) is 45.3 Å². The van der Waals surface area contributed by atoms with E-state index in [1.807, 2.05) is 35.9 Å². The zero-order chi connectivity index (χ0) is 20.6. The van der Waals surface area contributed by atoms with E-state index >= 15 is 0 Å². The highest BCUT2D eigenvalue weighted by Crippen LogP contribution is 2.26. The Morgan fingerprint density at radius 2 is 2.28 bits per heavy atom. The number of hydrogen-bond acceptors (Lipinski definition) is 5. The van der Waals surface area contributed by atoms with Gasteiger partial charge in [-0.2, -0.15) is 0 Å². The van der Waals surface area contributed by atoms with Gasteiger partial charge in [0.2, 0.25) is 0 Å². The smallest absolute Gasteiger partial charge is 0.331 e. The SMILES string of the molecule is COc1cc(C=C(CCCOC2CCCCO2)C(=O)O)ccc1-n1cnc(C)c1. The van der Waals surface area contributed by atoms with Crippen LogP contribution in [0.2, 0.25) is 0 Å². The Hall–Kier alpha value is -2.64. The second-order valence-corrected chi connectivity index (χ2v) is 7.10. The molecule has 0 radical (unpaired) electrons. The van der Waals surface area contributed by atoms with Gasteiger partial charge in [-0.15, -0.1) is 0 Å². The second kappa shape index (κ2) is 10.2. The molecule has 2 aromatic rings. The van der Waals surface area contributed by atoms with Crippen LogP contribution in [0.1, 0.15) is 43.4 Å². The van der Waals surface area contributed by atoms with Gasteiger partial charge in [-0.05, 0) is 62.8 Å². The van der Waals surface area contributed by atoms with Gasteiger partial charge in [0, 0.05) is 18.4 Å². The molecule has 0 amide bonds. The first-order valence-electron chi connectivity index (χ1n) is 9.93. The van der Waals surface area contributed by atoms with Gasteiger partial charge < -0.3 is 23.9 Å². The van der Waals surface area contributed by atoms with Gasteiger partial charge in [0.15, 0.2) is 6.29 Å². The first-order chi connectivity index (χ1) is 14.1. The van der Waals surface area contributed by atoms with Crippen molar-refractivity contribution in [3.8, 4) is 11.4 Å². The molecule has 7 heteroatoms. The summed E-state index contributed by atoms with van der Waals surface area (Å²) in [5.41, 5.74) is 2.87. The maximum Gasteiger partial charge on any atom is 0.331 e. The molecule has 7 nitrogen and oxygen atoms in total. The topological polar surface area (TPSA) is 82.8 Å². The number of rotatable bonds is 9. The minimum Gasteiger partial charge on any atom is -0.495 e. The zero-order valence-corrected chi connectivity index (χ0v) is 17.0. The van der Waals surface area contributed by atoms with Gasteiger partial charge in [-0.1, -0.05) is 6.07 Å². The summed E-state index contributed by atoms with van der Waals surface area (Å²) in [6.07, 6.45) is 9.32. The molecule has 0 spiro atoms. The number of imidazole rings is 1. The number of benzene rings is 1. The van der Waals surface area contributed by atoms with E-state index in [2.05, 4.69) is 4.98 Å². The predicted octanol–water partition coefficient (Wildman–Crippen LogP) is 3.98. The van der Waals surface area contributed by atoms with E-state index in [9.17, 15) is 9.90 Å². The van der Waals surface area contributed by atoms with Crippen LogP contribution in [0.25, 0.3) is 11.8 Å². The van der Waals surface area contributed by atoms with Crippen molar-refractivity contribution in [1.82, 2.24) is 9.55 Å². The van der Waals surface area contributed by atoms with Crippen molar-refractivity contribution >= 4 is 12.0 Å². The van der Waals surface area contributed by atoms with Crippen LogP contribution in [0.4, 0.5) is 0 Å². The number of carboxylic acid groups (broad SMARTS) is 1. The number of aromatic nitrogens is 2. The minimum atomic E-state index is -0.924. The number of carbonyl (C=O) groups is 1. The third-order valence-corrected chi connectivity index (χ3v) is 4.84. The van der Waals surface area contributed by atoms with Crippen molar-refractivity contribution in [3.63, 3.8) is 0 Å². The molecule has 156 valence electrons. The van der Waals surface area contributed by atoms with Gasteiger partial charge in [-0.3, -0.25) is 0 Å². The van der Waals surface area contributed by atoms with Crippen LogP contribution in [-0.2, 0) is 14.3 Å². The van der Waals surface area contributed by atoms with E-state index in [0.717, 1.165) is 42.8 Å². The fourth-order valence-electron chi connectivity index (χ4n) is 3.31. The molecular weight excluding hydrogens is 372 g/mol. The molecular formula is C22H28N2O5. The Morgan fingerprint density at radius 1 is 1.41 bits per heavy atom. The largest absolute Gasteiger partial charge is 0.495 e. The van der Waals surface area contributed by atoms with Crippen molar-refractivity contribution in [2.24, 2.45) is 0 Å². The summed E-state index contributed by atoms with van der Waals surface area (Å²) >= 11 is 0. The Kier molecular flexibility index (Phi) is 7.43. The fourth-order valence-corrected chi connectivity index (χ4v) is 3.31. The fraction of sp³-hybridized carbons (Fsp3) is 0.455. The minimum absolute atomic E-state index is 0.148. The van der Waals surface area contributed by atoms with E-state index in [-0.39, 0.29) is 6.29 Å². The molecule has 1 saturated heterocycles. The molecule has 1 N–H and O–H groups in total. The number of carboxylic acids is 1. The lowest BCUT2D eigenvalue weighted by Crippen LogP contribution is -2.22. The molecule has 1 aromatic carbocycles. The van der Waals surface area contributed by atoms with Crippen LogP contribution in [0.5, 0.6) is 5.75 Å². The standard InChI is InChI=1S/C22H28N2O5/c1-16-14-24(15-23-16)19-9-8-17(13-20(19)27-2)12-18(22(25)26)6-5-11-29-21-7-3-4-10-28-21/h8-9,12-15,21H,3-7,10-11H2,1-2H3,(H,25,26). The highest BCUT2D eigenvalue weighted by Gasteiger charge is 2.15. The van der Waals surface area contributed by atoms with E-state index in [1.165, 1.54) is 0 Å². The van der Waals surface area contributed by atoms with Gasteiger partial charge in [0.05, 0.1) is 31.4 Å². The molecule has 0 bridgehead atoms. The van der Waals surface area contributed by atoms with Crippen LogP contribution >= 0.6 is 0 Å². The molecule has 3 rings (SSSR count). The average Bonchev–Trinajstić information content (AvgIpc) is 3.16. The number of hydrogen-bond donors (Lipinski definition) is 1. The molecule has 1 fully saturated rings. The molecule has 1 atom stereocenters. The van der Waals surface area contributed by atoms with Gasteiger partial charge in [0.25, 0.3) is 0 Å². The number of nitrogens with zero attached hydrogens (tertiary/aromatic N) is 2. The summed E-state index contributed by atoms with van der Waals surface area (Å²) in [5.74, 6) is -0.272. The van der Waals surface area contributed by atoms with Crippen LogP contribution in [-0.4, -0.2) is 47.2 Å². The van der Waals surface area contributed by atoms with E-state index in [1.54, 1.807) is 19.5 Å². The van der Waals surface area contributed by atoms with Gasteiger partial charge >= 0.3 is 5.97 Å². The molecule has 1 aromatic heterocycles. The lowest BCUT2D eigenvalue weighted by Gasteiger charge is -2.22. The van der Waals surface area contributed by atoms with E-state index in [4.69, 9.17) is 14.2 Å². The van der Waals surface area contributed by atoms with Crippen LogP contribution < -0.4 is 4.74 Å². The van der Waals surface area contributed by atoms with E-state index in [0.29, 0.717) is 30.8 Å². The Morgan fingerprint density at radius 3 is 2.93 bits per heavy atom. The van der Waals surface area contributed by atoms with Crippen LogP contribution in [0.3, 0.4) is 0 Å². The normalized spacial score (nSPS) is 17.3. The van der Waals surface area contributed by atoms with Crippen LogP contribution in [0, 0.1) is 6.92 Å². The molecule has 2 heterocycles. The molecule has 1 unspecified atom stereocenters. The van der Waals surface area contributed by atoms with Crippen molar-refractivity contribution in [2.75, 3.05) is 20.3 Å². The number of methoxy groups -OCH3 is 1. The summed E-state index contributed by atoms with van der Waals surface area (Å²) < 4.78 is 18.6. The first kappa shape index (κ1) is 21.1. The predicted molar refractivity (Wildman–Crippen MR) is 109 cm³/mol. The van der Waals surface area contributed by atoms with Crippen molar-refractivity contribution in [3.05, 3.63) is 47.6 Å². The third-order valence-electron chi connectivity index (χ3n) is 4.84. The lowest BCUT2D eigenvalue weighted by molar-refractivity contribution is -0.162. The Labute approximate surface area is 170 Å². The summed E-state index contributed by atoms with van der Waals surface area (Å²) in [6, 6.07) is 5.61. The van der Waals surface area contributed by atoms with Crippen molar-refractivity contribution < 1.29 is 24.1 Å². The number of aryl methyl sites for hydroxylation is 1. The molecule has 0 saturated carbocycles. The average molecular weight is 400 g/mol. The van der Waals surface area contributed by atoms with Crippen molar-refractivity contribution in [1.29, 1.82) is 0 Å². The summed E-state index contributed by atoms with van der Waals surface area (Å²) in [4.78, 5) is 15.9. The summed E-state index contributed by atoms with van der Waals surface area (Å²) in [6.45, 7) is 3.14.